The average molecular weight is 591 g/mol. The molecule has 0 N–H and O–H groups in total. The minimum Gasteiger partial charge on any atom is -0.472 e. The molecule has 0 bridgehead atoms. The summed E-state index contributed by atoms with van der Waals surface area (Å²) in [5.74, 6) is 7.35. The fourth-order valence-electron chi connectivity index (χ4n) is 5.82. The van der Waals surface area contributed by atoms with Crippen LogP contribution in [0.2, 0.25) is 0 Å². The Labute approximate surface area is 253 Å². The lowest BCUT2D eigenvalue weighted by atomic mass is 10.0. The normalized spacial score (nSPS) is 20.3. The molecule has 0 spiro atoms. The van der Waals surface area contributed by atoms with Gasteiger partial charge in [0, 0.05) is 38.8 Å². The molecule has 0 saturated heterocycles. The minimum absolute atomic E-state index is 0.445. The minimum atomic E-state index is -3.20. The van der Waals surface area contributed by atoms with Crippen LogP contribution in [0.3, 0.4) is 0 Å². The number of allylic oxidation sites excluding steroid dienone is 7. The van der Waals surface area contributed by atoms with Crippen LogP contribution in [-0.4, -0.2) is 12.4 Å². The van der Waals surface area contributed by atoms with E-state index in [1.807, 2.05) is 91.0 Å². The van der Waals surface area contributed by atoms with Crippen molar-refractivity contribution in [2.75, 3.05) is 0 Å². The highest BCUT2D eigenvalue weighted by Crippen LogP contribution is 2.56. The molecule has 4 heteroatoms. The molecule has 0 amide bonds. The highest BCUT2D eigenvalue weighted by atomic mass is 31.2. The Bertz CT molecular complexity index is 2050. The maximum absolute atomic E-state index is 15.3. The first-order chi connectivity index (χ1) is 21.1. The van der Waals surface area contributed by atoms with Crippen LogP contribution in [0.25, 0.3) is 5.57 Å². The third-order valence-electron chi connectivity index (χ3n) is 8.04. The monoisotopic (exact) mass is 590 g/mol. The molecule has 7 rings (SSSR count). The summed E-state index contributed by atoms with van der Waals surface area (Å²) in [4.78, 5) is 0. The highest BCUT2D eigenvalue weighted by molar-refractivity contribution is 7.90. The van der Waals surface area contributed by atoms with Crippen molar-refractivity contribution in [3.63, 3.8) is 0 Å². The second-order valence-corrected chi connectivity index (χ2v) is 16.4. The fourth-order valence-corrected chi connectivity index (χ4v) is 11.4. The standard InChI is InChI=1S/C39H28O2P2/c1-42(30-16-6-2-7-17-30,31-18-8-3-9-19-31)34-26-27-39-36(28-34)37-29-35(24-14-15-25-38(37)41-39)43(40,32-20-10-4-11-21-32)33-22-12-5-13-23-33/h2-8,10-13,16-18,20-24,26-29,38H,1,14H2/b35-24+,37-29-. The van der Waals surface area contributed by atoms with Gasteiger partial charge >= 0.3 is 0 Å². The number of rotatable bonds is 6. The van der Waals surface area contributed by atoms with Crippen LogP contribution in [-0.2, 0) is 4.57 Å². The number of ether oxygens (including phenoxy) is 1. The summed E-state index contributed by atoms with van der Waals surface area (Å²) in [7, 11) is -3.20. The molecule has 0 fully saturated rings. The van der Waals surface area contributed by atoms with E-state index < -0.39 is 20.1 Å². The first-order valence-corrected chi connectivity index (χ1v) is 17.9. The van der Waals surface area contributed by atoms with Crippen molar-refractivity contribution in [3.05, 3.63) is 167 Å². The first kappa shape index (κ1) is 27.1. The molecule has 2 aliphatic carbocycles. The van der Waals surface area contributed by atoms with Gasteiger partial charge in [-0.05, 0) is 47.9 Å². The van der Waals surface area contributed by atoms with Gasteiger partial charge in [-0.2, -0.15) is 0 Å². The zero-order valence-electron chi connectivity index (χ0n) is 23.5. The van der Waals surface area contributed by atoms with Crippen molar-refractivity contribution in [1.82, 2.24) is 0 Å². The molecule has 43 heavy (non-hydrogen) atoms. The summed E-state index contributed by atoms with van der Waals surface area (Å²) in [5.41, 5.74) is 8.38. The maximum atomic E-state index is 15.3. The molecule has 4 aromatic rings. The molecule has 2 nitrogen and oxygen atoms in total. The molecule has 1 heterocycles. The highest BCUT2D eigenvalue weighted by Gasteiger charge is 2.35. The molecule has 0 saturated carbocycles. The van der Waals surface area contributed by atoms with Crippen molar-refractivity contribution < 1.29 is 9.30 Å². The van der Waals surface area contributed by atoms with E-state index in [2.05, 4.69) is 71.9 Å². The molecule has 206 valence electrons. The Kier molecular flexibility index (Phi) is 7.05. The zero-order valence-corrected chi connectivity index (χ0v) is 25.3. The molecule has 3 aliphatic rings. The van der Waals surface area contributed by atoms with E-state index in [0.29, 0.717) is 6.42 Å². The van der Waals surface area contributed by atoms with E-state index in [9.17, 15) is 0 Å². The van der Waals surface area contributed by atoms with Gasteiger partial charge in [0.15, 0.2) is 13.2 Å². The van der Waals surface area contributed by atoms with Gasteiger partial charge in [0.1, 0.15) is 5.75 Å². The van der Waals surface area contributed by atoms with Crippen molar-refractivity contribution in [2.45, 2.75) is 12.5 Å². The van der Waals surface area contributed by atoms with E-state index >= 15 is 4.57 Å². The molecule has 2 atom stereocenters. The van der Waals surface area contributed by atoms with Crippen molar-refractivity contribution in [3.8, 4) is 17.6 Å². The molecule has 0 radical (unpaired) electrons. The largest absolute Gasteiger partial charge is 0.472 e. The maximum Gasteiger partial charge on any atom is 0.185 e. The van der Waals surface area contributed by atoms with E-state index in [-0.39, 0.29) is 0 Å². The SMILES string of the molecule is C=P(C1=C=C=CC=C1)(c1ccccc1)c1ccc2c(c1)/C1=C/C(P(=O)(c3ccccc3)c3ccccc3)=C\CC#CC1O2. The second-order valence-electron chi connectivity index (χ2n) is 10.5. The molecule has 0 aromatic heterocycles. The van der Waals surface area contributed by atoms with E-state index in [1.54, 1.807) is 0 Å². The third kappa shape index (κ3) is 4.71. The molecular formula is C39H28O2P2. The number of hydrogen-bond acceptors (Lipinski definition) is 2. The number of hydrogen-bond donors (Lipinski definition) is 0. The topological polar surface area (TPSA) is 26.3 Å². The van der Waals surface area contributed by atoms with Crippen molar-refractivity contribution in [2.24, 2.45) is 0 Å². The summed E-state index contributed by atoms with van der Waals surface area (Å²) >= 11 is 0. The van der Waals surface area contributed by atoms with E-state index in [4.69, 9.17) is 11.0 Å². The zero-order chi connectivity index (χ0) is 29.3. The smallest absolute Gasteiger partial charge is 0.185 e. The second kappa shape index (κ2) is 11.2. The van der Waals surface area contributed by atoms with Gasteiger partial charge in [-0.25, -0.2) is 0 Å². The summed E-state index contributed by atoms with van der Waals surface area (Å²) in [6.45, 7) is -2.29. The Morgan fingerprint density at radius 2 is 1.44 bits per heavy atom. The molecular weight excluding hydrogens is 562 g/mol. The summed E-state index contributed by atoms with van der Waals surface area (Å²) < 4.78 is 21.7. The van der Waals surface area contributed by atoms with Crippen molar-refractivity contribution >= 4 is 47.1 Å². The number of fused-ring (bicyclic) bond motifs is 3. The third-order valence-corrected chi connectivity index (χ3v) is 14.5. The Morgan fingerprint density at radius 3 is 2.07 bits per heavy atom. The lowest BCUT2D eigenvalue weighted by Gasteiger charge is -2.26. The van der Waals surface area contributed by atoms with Gasteiger partial charge in [0.25, 0.3) is 0 Å². The summed E-state index contributed by atoms with van der Waals surface area (Å²) in [6, 6.07) is 36.3. The van der Waals surface area contributed by atoms with Gasteiger partial charge in [-0.3, -0.25) is 0 Å². The lowest BCUT2D eigenvalue weighted by molar-refractivity contribution is 0.332. The van der Waals surface area contributed by atoms with Gasteiger partial charge < -0.3 is 9.30 Å². The summed E-state index contributed by atoms with van der Waals surface area (Å²) in [5, 5.41) is 5.65. The van der Waals surface area contributed by atoms with Crippen LogP contribution < -0.4 is 26.0 Å². The Balaban J connectivity index is 1.43. The fraction of sp³-hybridized carbons (Fsp3) is 0.0513. The van der Waals surface area contributed by atoms with Crippen molar-refractivity contribution in [1.29, 1.82) is 0 Å². The lowest BCUT2D eigenvalue weighted by Crippen LogP contribution is -2.18. The molecule has 2 unspecified atom stereocenters. The van der Waals surface area contributed by atoms with Crippen LogP contribution in [0.1, 0.15) is 12.0 Å². The molecule has 1 aliphatic heterocycles. The Morgan fingerprint density at radius 1 is 0.791 bits per heavy atom. The van der Waals surface area contributed by atoms with Gasteiger partial charge in [-0.15, -0.1) is 0 Å². The Hall–Kier alpha value is -4.71. The number of benzene rings is 4. The summed E-state index contributed by atoms with van der Waals surface area (Å²) in [6.07, 6.45) is 15.0. The quantitative estimate of drug-likeness (QED) is 0.134. The van der Waals surface area contributed by atoms with E-state index in [1.165, 1.54) is 0 Å². The predicted octanol–water partition coefficient (Wildman–Crippen LogP) is 7.30. The van der Waals surface area contributed by atoms with Crippen LogP contribution in [0.5, 0.6) is 5.75 Å². The first-order valence-electron chi connectivity index (χ1n) is 14.2. The van der Waals surface area contributed by atoms with Gasteiger partial charge in [0.05, 0.1) is 0 Å². The average Bonchev–Trinajstić information content (AvgIpc) is 3.40. The van der Waals surface area contributed by atoms with Crippen LogP contribution in [0.4, 0.5) is 0 Å². The predicted molar refractivity (Wildman–Crippen MR) is 183 cm³/mol. The van der Waals surface area contributed by atoms with E-state index in [0.717, 1.165) is 48.7 Å². The van der Waals surface area contributed by atoms with Gasteiger partial charge in [-0.1, -0.05) is 139 Å². The van der Waals surface area contributed by atoms with Crippen LogP contribution >= 0.6 is 14.0 Å². The van der Waals surface area contributed by atoms with Crippen LogP contribution in [0.15, 0.2) is 162 Å². The molecule has 4 aromatic carbocycles. The van der Waals surface area contributed by atoms with Gasteiger partial charge in [0.2, 0.25) is 0 Å². The van der Waals surface area contributed by atoms with Crippen LogP contribution in [0, 0.1) is 11.8 Å².